The zero-order valence-corrected chi connectivity index (χ0v) is 13.2. The van der Waals surface area contributed by atoms with Crippen LogP contribution in [-0.2, 0) is 17.8 Å². The molecule has 0 saturated carbocycles. The van der Waals surface area contributed by atoms with E-state index in [1.807, 2.05) is 6.33 Å². The van der Waals surface area contributed by atoms with E-state index in [4.69, 9.17) is 4.74 Å². The van der Waals surface area contributed by atoms with Gasteiger partial charge < -0.3 is 14.6 Å². The number of nitrogens with one attached hydrogen (secondary N) is 1. The molecule has 21 heavy (non-hydrogen) atoms. The second-order valence-corrected chi connectivity index (χ2v) is 6.98. The van der Waals surface area contributed by atoms with E-state index in [1.165, 1.54) is 0 Å². The summed E-state index contributed by atoms with van der Waals surface area (Å²) in [7, 11) is 0. The lowest BCUT2D eigenvalue weighted by Gasteiger charge is -2.36. The number of hydrogen-bond donors (Lipinski definition) is 1. The summed E-state index contributed by atoms with van der Waals surface area (Å²) in [6.07, 6.45) is 2.99. The molecule has 1 fully saturated rings. The Bertz CT molecular complexity index is 453. The Labute approximate surface area is 126 Å². The Kier molecular flexibility index (Phi) is 4.57. The van der Waals surface area contributed by atoms with Gasteiger partial charge in [0, 0.05) is 38.2 Å². The molecule has 1 aromatic rings. The molecule has 1 saturated heterocycles. The number of aromatic nitrogens is 3. The van der Waals surface area contributed by atoms with E-state index in [0.717, 1.165) is 64.7 Å². The Balaban J connectivity index is 1.58. The first-order chi connectivity index (χ1) is 10.2. The highest BCUT2D eigenvalue weighted by molar-refractivity contribution is 4.94. The minimum Gasteiger partial charge on any atom is -0.381 e. The summed E-state index contributed by atoms with van der Waals surface area (Å²) in [5.41, 5.74) is 0.261. The second kappa shape index (κ2) is 6.42. The van der Waals surface area contributed by atoms with Crippen molar-refractivity contribution < 1.29 is 4.74 Å². The molecule has 0 spiro atoms. The van der Waals surface area contributed by atoms with Crippen molar-refractivity contribution in [2.45, 2.75) is 33.4 Å². The molecule has 1 atom stereocenters. The van der Waals surface area contributed by atoms with Crippen LogP contribution in [0.5, 0.6) is 0 Å². The molecule has 0 aliphatic carbocycles. The fourth-order valence-electron chi connectivity index (χ4n) is 3.32. The number of nitrogens with zero attached hydrogens (tertiary/aromatic N) is 4. The first-order valence-corrected chi connectivity index (χ1v) is 8.04. The van der Waals surface area contributed by atoms with Crippen LogP contribution in [0.1, 0.15) is 26.1 Å². The summed E-state index contributed by atoms with van der Waals surface area (Å²) < 4.78 is 7.87. The van der Waals surface area contributed by atoms with Crippen molar-refractivity contribution in [3.05, 3.63) is 12.2 Å². The second-order valence-electron chi connectivity index (χ2n) is 6.98. The number of rotatable bonds is 6. The van der Waals surface area contributed by atoms with Gasteiger partial charge in [0.25, 0.3) is 0 Å². The van der Waals surface area contributed by atoms with Crippen LogP contribution in [0.3, 0.4) is 0 Å². The van der Waals surface area contributed by atoms with Gasteiger partial charge in [-0.1, -0.05) is 13.8 Å². The maximum atomic E-state index is 5.71. The summed E-state index contributed by atoms with van der Waals surface area (Å²) in [5, 5.41) is 11.9. The predicted octanol–water partition coefficient (Wildman–Crippen LogP) is 0.746. The van der Waals surface area contributed by atoms with Crippen molar-refractivity contribution in [2.24, 2.45) is 11.3 Å². The molecule has 0 bridgehead atoms. The van der Waals surface area contributed by atoms with Crippen LogP contribution in [0.2, 0.25) is 0 Å². The Morgan fingerprint density at radius 3 is 3.10 bits per heavy atom. The molecule has 118 valence electrons. The van der Waals surface area contributed by atoms with E-state index in [-0.39, 0.29) is 5.41 Å². The topological polar surface area (TPSA) is 55.2 Å². The zero-order chi connectivity index (χ0) is 14.7. The smallest absolute Gasteiger partial charge is 0.147 e. The van der Waals surface area contributed by atoms with E-state index in [0.29, 0.717) is 5.92 Å². The molecule has 1 N–H and O–H groups in total. The van der Waals surface area contributed by atoms with Crippen LogP contribution in [0.25, 0.3) is 0 Å². The standard InChI is InChI=1S/C15H27N5O/c1-13(2)7-16-9-15(3-6-21-11-15)10-19-4-5-20-12-17-18-14(20)8-19/h12-13,16H,3-11H2,1-2H3. The van der Waals surface area contributed by atoms with Crippen molar-refractivity contribution in [1.82, 2.24) is 25.0 Å². The largest absolute Gasteiger partial charge is 0.381 e. The lowest BCUT2D eigenvalue weighted by Crippen LogP contribution is -2.47. The van der Waals surface area contributed by atoms with E-state index in [2.05, 4.69) is 38.8 Å². The Morgan fingerprint density at radius 2 is 2.33 bits per heavy atom. The fraction of sp³-hybridized carbons (Fsp3) is 0.867. The highest BCUT2D eigenvalue weighted by Gasteiger charge is 2.37. The number of ether oxygens (including phenoxy) is 1. The van der Waals surface area contributed by atoms with Gasteiger partial charge in [0.1, 0.15) is 12.2 Å². The minimum atomic E-state index is 0.261. The number of hydrogen-bond acceptors (Lipinski definition) is 5. The van der Waals surface area contributed by atoms with Crippen LogP contribution in [0.4, 0.5) is 0 Å². The van der Waals surface area contributed by atoms with E-state index < -0.39 is 0 Å². The van der Waals surface area contributed by atoms with Gasteiger partial charge in [-0.15, -0.1) is 10.2 Å². The molecule has 2 aliphatic heterocycles. The van der Waals surface area contributed by atoms with Gasteiger partial charge in [0.15, 0.2) is 0 Å². The Morgan fingerprint density at radius 1 is 1.43 bits per heavy atom. The normalized spacial score (nSPS) is 26.4. The third kappa shape index (κ3) is 3.62. The van der Waals surface area contributed by atoms with Crippen molar-refractivity contribution >= 4 is 0 Å². The van der Waals surface area contributed by atoms with Crippen LogP contribution in [0.15, 0.2) is 6.33 Å². The maximum absolute atomic E-state index is 5.71. The fourth-order valence-corrected chi connectivity index (χ4v) is 3.32. The van der Waals surface area contributed by atoms with Crippen molar-refractivity contribution in [2.75, 3.05) is 39.4 Å². The highest BCUT2D eigenvalue weighted by atomic mass is 16.5. The molecule has 0 radical (unpaired) electrons. The van der Waals surface area contributed by atoms with E-state index in [9.17, 15) is 0 Å². The molecule has 1 aromatic heterocycles. The van der Waals surface area contributed by atoms with E-state index >= 15 is 0 Å². The lowest BCUT2D eigenvalue weighted by molar-refractivity contribution is 0.0929. The van der Waals surface area contributed by atoms with Crippen molar-refractivity contribution in [3.63, 3.8) is 0 Å². The number of fused-ring (bicyclic) bond motifs is 1. The average Bonchev–Trinajstić information content (AvgIpc) is 3.07. The van der Waals surface area contributed by atoms with Gasteiger partial charge in [-0.2, -0.15) is 0 Å². The Hall–Kier alpha value is -0.980. The monoisotopic (exact) mass is 293 g/mol. The van der Waals surface area contributed by atoms with Crippen molar-refractivity contribution in [3.8, 4) is 0 Å². The van der Waals surface area contributed by atoms with Crippen LogP contribution < -0.4 is 5.32 Å². The van der Waals surface area contributed by atoms with Crippen molar-refractivity contribution in [1.29, 1.82) is 0 Å². The molecule has 3 rings (SSSR count). The maximum Gasteiger partial charge on any atom is 0.147 e. The summed E-state index contributed by atoms with van der Waals surface area (Å²) >= 11 is 0. The summed E-state index contributed by atoms with van der Waals surface area (Å²) in [5.74, 6) is 1.78. The molecule has 6 nitrogen and oxygen atoms in total. The first-order valence-electron chi connectivity index (χ1n) is 8.04. The quantitative estimate of drug-likeness (QED) is 0.838. The SMILES string of the molecule is CC(C)CNCC1(CN2CCn3cnnc3C2)CCOC1. The van der Waals surface area contributed by atoms with Gasteiger partial charge in [-0.25, -0.2) is 0 Å². The van der Waals surface area contributed by atoms with Crippen LogP contribution >= 0.6 is 0 Å². The molecular weight excluding hydrogens is 266 g/mol. The molecular formula is C15H27N5O. The minimum absolute atomic E-state index is 0.261. The molecule has 3 heterocycles. The molecule has 1 unspecified atom stereocenters. The highest BCUT2D eigenvalue weighted by Crippen LogP contribution is 2.30. The molecule has 0 aromatic carbocycles. The van der Waals surface area contributed by atoms with Crippen LogP contribution in [-0.4, -0.2) is 59.1 Å². The van der Waals surface area contributed by atoms with Gasteiger partial charge in [0.05, 0.1) is 13.2 Å². The van der Waals surface area contributed by atoms with Gasteiger partial charge >= 0.3 is 0 Å². The summed E-state index contributed by atoms with van der Waals surface area (Å²) in [4.78, 5) is 2.51. The first kappa shape index (κ1) is 14.9. The molecule has 6 heteroatoms. The zero-order valence-electron chi connectivity index (χ0n) is 13.2. The van der Waals surface area contributed by atoms with Crippen LogP contribution in [0, 0.1) is 11.3 Å². The molecule has 2 aliphatic rings. The molecule has 0 amide bonds. The summed E-state index contributed by atoms with van der Waals surface area (Å²) in [6, 6.07) is 0. The lowest BCUT2D eigenvalue weighted by atomic mass is 9.86. The summed E-state index contributed by atoms with van der Waals surface area (Å²) in [6.45, 7) is 12.5. The third-order valence-electron chi connectivity index (χ3n) is 4.51. The predicted molar refractivity (Wildman–Crippen MR) is 80.9 cm³/mol. The third-order valence-corrected chi connectivity index (χ3v) is 4.51. The van der Waals surface area contributed by atoms with E-state index in [1.54, 1.807) is 0 Å². The average molecular weight is 293 g/mol. The van der Waals surface area contributed by atoms with Gasteiger partial charge in [-0.3, -0.25) is 4.90 Å². The van der Waals surface area contributed by atoms with Gasteiger partial charge in [-0.05, 0) is 18.9 Å². The van der Waals surface area contributed by atoms with Gasteiger partial charge in [0.2, 0.25) is 0 Å².